The predicted molar refractivity (Wildman–Crippen MR) is 91.4 cm³/mol. The zero-order chi connectivity index (χ0) is 16.1. The molecule has 0 aromatic carbocycles. The molecule has 0 heterocycles. The average molecular weight is 299 g/mol. The maximum atomic E-state index is 9.20. The molecule has 0 fully saturated rings. The van der Waals surface area contributed by atoms with Crippen LogP contribution in [0.1, 0.15) is 41.5 Å². The molecule has 0 spiro atoms. The summed E-state index contributed by atoms with van der Waals surface area (Å²) in [6.45, 7) is 21.6. The summed E-state index contributed by atoms with van der Waals surface area (Å²) in [6.07, 6.45) is 4.21. The van der Waals surface area contributed by atoms with Gasteiger partial charge < -0.3 is 9.53 Å². The summed E-state index contributed by atoms with van der Waals surface area (Å²) in [5.74, 6) is 0.561. The van der Waals surface area contributed by atoms with Crippen LogP contribution < -0.4 is 0 Å². The second-order valence-corrected chi connectivity index (χ2v) is 12.2. The average Bonchev–Trinajstić information content (AvgIpc) is 2.33. The van der Waals surface area contributed by atoms with Crippen molar-refractivity contribution in [1.82, 2.24) is 0 Å². The molecule has 0 aromatic rings. The molecule has 0 aromatic heterocycles. The summed E-state index contributed by atoms with van der Waals surface area (Å²) in [7, 11) is -1.81. The van der Waals surface area contributed by atoms with Gasteiger partial charge in [-0.05, 0) is 36.9 Å². The standard InChI is InChI=1S/C17H34O2Si/c1-10-14(3)16(15(4)11-13(2)12-18)19-20(8,9)17(5,6)7/h10-11,14-16,18H,1,12H2,2-9H3/t14?,15-,16-/m1/s1. The van der Waals surface area contributed by atoms with E-state index < -0.39 is 8.32 Å². The van der Waals surface area contributed by atoms with Crippen molar-refractivity contribution in [3.63, 3.8) is 0 Å². The Hall–Kier alpha value is -0.383. The Kier molecular flexibility index (Phi) is 7.43. The highest BCUT2D eigenvalue weighted by Gasteiger charge is 2.40. The van der Waals surface area contributed by atoms with Gasteiger partial charge in [0.05, 0.1) is 12.7 Å². The second-order valence-electron chi connectivity index (χ2n) is 7.47. The van der Waals surface area contributed by atoms with Gasteiger partial charge in [0.2, 0.25) is 0 Å². The van der Waals surface area contributed by atoms with Crippen LogP contribution in [0.2, 0.25) is 18.1 Å². The topological polar surface area (TPSA) is 29.5 Å². The fourth-order valence-electron chi connectivity index (χ4n) is 1.94. The van der Waals surface area contributed by atoms with Crippen molar-refractivity contribution >= 4 is 8.32 Å². The van der Waals surface area contributed by atoms with E-state index in [1.165, 1.54) is 0 Å². The van der Waals surface area contributed by atoms with Gasteiger partial charge in [-0.15, -0.1) is 6.58 Å². The molecule has 0 saturated heterocycles. The van der Waals surface area contributed by atoms with Crippen molar-refractivity contribution in [2.24, 2.45) is 11.8 Å². The van der Waals surface area contributed by atoms with Crippen LogP contribution in [0.4, 0.5) is 0 Å². The van der Waals surface area contributed by atoms with Crippen molar-refractivity contribution in [1.29, 1.82) is 0 Å². The molecule has 0 radical (unpaired) electrons. The molecule has 0 amide bonds. The van der Waals surface area contributed by atoms with E-state index in [4.69, 9.17) is 4.43 Å². The normalized spacial score (nSPS) is 18.6. The first-order valence-corrected chi connectivity index (χ1v) is 10.5. The molecule has 0 aliphatic carbocycles. The van der Waals surface area contributed by atoms with E-state index in [-0.39, 0.29) is 23.7 Å². The quantitative estimate of drug-likeness (QED) is 0.542. The van der Waals surface area contributed by atoms with Crippen LogP contribution in [0.25, 0.3) is 0 Å². The number of hydrogen-bond donors (Lipinski definition) is 1. The number of rotatable bonds is 7. The molecule has 2 nitrogen and oxygen atoms in total. The lowest BCUT2D eigenvalue weighted by atomic mass is 9.92. The Labute approximate surface area is 127 Å². The highest BCUT2D eigenvalue weighted by atomic mass is 28.4. The Morgan fingerprint density at radius 2 is 1.75 bits per heavy atom. The van der Waals surface area contributed by atoms with Crippen molar-refractivity contribution in [2.45, 2.75) is 65.8 Å². The highest BCUT2D eigenvalue weighted by molar-refractivity contribution is 6.74. The first-order chi connectivity index (χ1) is 8.96. The number of aliphatic hydroxyl groups is 1. The van der Waals surface area contributed by atoms with Crippen LogP contribution in [0.15, 0.2) is 24.3 Å². The minimum atomic E-state index is -1.81. The van der Waals surface area contributed by atoms with Gasteiger partial charge in [-0.1, -0.05) is 52.3 Å². The van der Waals surface area contributed by atoms with Gasteiger partial charge in [0, 0.05) is 0 Å². The van der Waals surface area contributed by atoms with Gasteiger partial charge in [-0.25, -0.2) is 0 Å². The van der Waals surface area contributed by atoms with Gasteiger partial charge in [0.1, 0.15) is 0 Å². The largest absolute Gasteiger partial charge is 0.413 e. The van der Waals surface area contributed by atoms with E-state index in [1.807, 2.05) is 13.0 Å². The first-order valence-electron chi connectivity index (χ1n) is 7.54. The fourth-order valence-corrected chi connectivity index (χ4v) is 3.40. The minimum Gasteiger partial charge on any atom is -0.413 e. The van der Waals surface area contributed by atoms with Crippen LogP contribution in [0.5, 0.6) is 0 Å². The maximum absolute atomic E-state index is 9.20. The molecule has 3 atom stereocenters. The van der Waals surface area contributed by atoms with Crippen molar-refractivity contribution in [3.05, 3.63) is 24.3 Å². The second kappa shape index (κ2) is 7.58. The van der Waals surface area contributed by atoms with E-state index >= 15 is 0 Å². The van der Waals surface area contributed by atoms with E-state index in [0.29, 0.717) is 5.92 Å². The molecule has 0 aliphatic heterocycles. The molecule has 0 rings (SSSR count). The van der Waals surface area contributed by atoms with Crippen LogP contribution >= 0.6 is 0 Å². The monoisotopic (exact) mass is 298 g/mol. The van der Waals surface area contributed by atoms with Crippen molar-refractivity contribution in [3.8, 4) is 0 Å². The van der Waals surface area contributed by atoms with Crippen molar-refractivity contribution < 1.29 is 9.53 Å². The predicted octanol–water partition coefficient (Wildman–Crippen LogP) is 4.77. The highest BCUT2D eigenvalue weighted by Crippen LogP contribution is 2.39. The van der Waals surface area contributed by atoms with Gasteiger partial charge >= 0.3 is 0 Å². The smallest absolute Gasteiger partial charge is 0.192 e. The van der Waals surface area contributed by atoms with Crippen LogP contribution in [-0.2, 0) is 4.43 Å². The van der Waals surface area contributed by atoms with Gasteiger partial charge in [-0.2, -0.15) is 0 Å². The van der Waals surface area contributed by atoms with Gasteiger partial charge in [-0.3, -0.25) is 0 Å². The summed E-state index contributed by atoms with van der Waals surface area (Å²) in [5.41, 5.74) is 0.998. The summed E-state index contributed by atoms with van der Waals surface area (Å²) < 4.78 is 6.60. The Morgan fingerprint density at radius 1 is 1.25 bits per heavy atom. The zero-order valence-electron chi connectivity index (χ0n) is 14.7. The zero-order valence-corrected chi connectivity index (χ0v) is 15.7. The van der Waals surface area contributed by atoms with E-state index in [0.717, 1.165) is 5.57 Å². The molecule has 20 heavy (non-hydrogen) atoms. The summed E-state index contributed by atoms with van der Waals surface area (Å²) in [6, 6.07) is 0. The lowest BCUT2D eigenvalue weighted by Crippen LogP contribution is -2.47. The van der Waals surface area contributed by atoms with Gasteiger partial charge in [0.15, 0.2) is 8.32 Å². The third kappa shape index (κ3) is 5.55. The Balaban J connectivity index is 5.24. The lowest BCUT2D eigenvalue weighted by molar-refractivity contribution is 0.111. The van der Waals surface area contributed by atoms with Crippen LogP contribution in [0.3, 0.4) is 0 Å². The molecular formula is C17H34O2Si. The first kappa shape index (κ1) is 19.6. The fraction of sp³-hybridized carbons (Fsp3) is 0.765. The maximum Gasteiger partial charge on any atom is 0.192 e. The SMILES string of the molecule is C=CC(C)[C@@H](O[Si](C)(C)C(C)(C)C)[C@H](C)C=C(C)CO. The minimum absolute atomic E-state index is 0.111. The third-order valence-electron chi connectivity index (χ3n) is 4.44. The van der Waals surface area contributed by atoms with Crippen molar-refractivity contribution in [2.75, 3.05) is 6.61 Å². The van der Waals surface area contributed by atoms with E-state index in [2.05, 4.69) is 60.4 Å². The molecule has 3 heteroatoms. The molecular weight excluding hydrogens is 264 g/mol. The number of aliphatic hydroxyl groups excluding tert-OH is 1. The number of hydrogen-bond acceptors (Lipinski definition) is 2. The summed E-state index contributed by atoms with van der Waals surface area (Å²) >= 11 is 0. The Morgan fingerprint density at radius 3 is 2.10 bits per heavy atom. The molecule has 118 valence electrons. The molecule has 0 aliphatic rings. The summed E-state index contributed by atoms with van der Waals surface area (Å²) in [5, 5.41) is 9.40. The van der Waals surface area contributed by atoms with Crippen LogP contribution in [0, 0.1) is 11.8 Å². The van der Waals surface area contributed by atoms with E-state index in [9.17, 15) is 5.11 Å². The third-order valence-corrected chi connectivity index (χ3v) is 8.92. The molecule has 1 N–H and O–H groups in total. The van der Waals surface area contributed by atoms with E-state index in [1.54, 1.807) is 0 Å². The Bertz CT molecular complexity index is 339. The van der Waals surface area contributed by atoms with Crippen LogP contribution in [-0.4, -0.2) is 26.1 Å². The molecule has 0 bridgehead atoms. The lowest BCUT2D eigenvalue weighted by Gasteiger charge is -2.42. The molecule has 1 unspecified atom stereocenters. The molecule has 0 saturated carbocycles. The van der Waals surface area contributed by atoms with Gasteiger partial charge in [0.25, 0.3) is 0 Å². The summed E-state index contributed by atoms with van der Waals surface area (Å²) in [4.78, 5) is 0.